The molecule has 1 aromatic heterocycles. The number of amides is 1. The Morgan fingerprint density at radius 1 is 1.33 bits per heavy atom. The van der Waals surface area contributed by atoms with Crippen LogP contribution in [0.2, 0.25) is 0 Å². The molecule has 0 saturated carbocycles. The number of carbonyl (C=O) groups is 1. The number of hydrogen-bond acceptors (Lipinski definition) is 4. The van der Waals surface area contributed by atoms with Gasteiger partial charge in [0.25, 0.3) is 0 Å². The van der Waals surface area contributed by atoms with E-state index < -0.39 is 0 Å². The van der Waals surface area contributed by atoms with E-state index in [0.29, 0.717) is 23.9 Å². The van der Waals surface area contributed by atoms with E-state index in [2.05, 4.69) is 45.3 Å². The van der Waals surface area contributed by atoms with Gasteiger partial charge in [0.15, 0.2) is 0 Å². The van der Waals surface area contributed by atoms with E-state index in [4.69, 9.17) is 0 Å². The van der Waals surface area contributed by atoms with Crippen molar-refractivity contribution >= 4 is 38.3 Å². The van der Waals surface area contributed by atoms with E-state index in [1.54, 1.807) is 0 Å². The lowest BCUT2D eigenvalue weighted by atomic mass is 10.1. The minimum atomic E-state index is -0.0296. The Labute approximate surface area is 137 Å². The summed E-state index contributed by atoms with van der Waals surface area (Å²) < 4.78 is 1.04. The molecule has 1 aromatic carbocycles. The Balaban J connectivity index is 1.84. The first kappa shape index (κ1) is 16.1. The molecule has 4 nitrogen and oxygen atoms in total. The molecule has 112 valence electrons. The van der Waals surface area contributed by atoms with Crippen molar-refractivity contribution in [2.45, 2.75) is 33.1 Å². The number of nitrogens with zero attached hydrogens (tertiary/aromatic N) is 2. The zero-order valence-electron chi connectivity index (χ0n) is 12.1. The molecule has 0 fully saturated rings. The van der Waals surface area contributed by atoms with E-state index >= 15 is 0 Å². The number of benzene rings is 1. The molecule has 1 heterocycles. The van der Waals surface area contributed by atoms with Gasteiger partial charge in [0.05, 0.1) is 0 Å². The van der Waals surface area contributed by atoms with Crippen molar-refractivity contribution in [3.05, 3.63) is 39.3 Å². The molecule has 0 saturated heterocycles. The number of carbonyl (C=O) groups excluding carboxylic acids is 1. The average Bonchev–Trinajstić information content (AvgIpc) is 2.84. The molecule has 21 heavy (non-hydrogen) atoms. The zero-order valence-corrected chi connectivity index (χ0v) is 14.5. The Kier molecular flexibility index (Phi) is 5.87. The van der Waals surface area contributed by atoms with Gasteiger partial charge in [0.2, 0.25) is 11.0 Å². The van der Waals surface area contributed by atoms with Crippen LogP contribution in [0.4, 0.5) is 5.13 Å². The summed E-state index contributed by atoms with van der Waals surface area (Å²) in [6.07, 6.45) is 2.02. The molecule has 1 N–H and O–H groups in total. The van der Waals surface area contributed by atoms with Gasteiger partial charge in [0, 0.05) is 17.3 Å². The summed E-state index contributed by atoms with van der Waals surface area (Å²) >= 11 is 4.94. The highest BCUT2D eigenvalue weighted by atomic mass is 79.9. The Hall–Kier alpha value is -1.27. The van der Waals surface area contributed by atoms with E-state index in [1.165, 1.54) is 11.3 Å². The number of aryl methyl sites for hydroxylation is 1. The lowest BCUT2D eigenvalue weighted by Gasteiger charge is -2.04. The largest absolute Gasteiger partial charge is 0.301 e. The highest BCUT2D eigenvalue weighted by molar-refractivity contribution is 9.10. The highest BCUT2D eigenvalue weighted by Crippen LogP contribution is 2.20. The quantitative estimate of drug-likeness (QED) is 0.836. The van der Waals surface area contributed by atoms with Gasteiger partial charge in [-0.05, 0) is 24.0 Å². The molecule has 0 aliphatic heterocycles. The summed E-state index contributed by atoms with van der Waals surface area (Å²) in [6, 6.07) is 7.94. The van der Waals surface area contributed by atoms with E-state index in [9.17, 15) is 4.79 Å². The Morgan fingerprint density at radius 2 is 2.10 bits per heavy atom. The number of rotatable bonds is 6. The first-order valence-corrected chi connectivity index (χ1v) is 8.51. The number of aromatic nitrogens is 2. The summed E-state index contributed by atoms with van der Waals surface area (Å²) in [5, 5.41) is 12.5. The van der Waals surface area contributed by atoms with Crippen LogP contribution in [0.25, 0.3) is 0 Å². The van der Waals surface area contributed by atoms with Gasteiger partial charge < -0.3 is 5.32 Å². The predicted molar refractivity (Wildman–Crippen MR) is 89.5 cm³/mol. The summed E-state index contributed by atoms with van der Waals surface area (Å²) in [4.78, 5) is 11.9. The summed E-state index contributed by atoms with van der Waals surface area (Å²) in [5.41, 5.74) is 1.13. The predicted octanol–water partition coefficient (Wildman–Crippen LogP) is 4.07. The van der Waals surface area contributed by atoms with Gasteiger partial charge in [-0.15, -0.1) is 10.2 Å². The molecule has 0 aliphatic carbocycles. The maximum atomic E-state index is 11.9. The van der Waals surface area contributed by atoms with Crippen LogP contribution in [0.1, 0.15) is 30.8 Å². The van der Waals surface area contributed by atoms with Crippen LogP contribution >= 0.6 is 27.3 Å². The lowest BCUT2D eigenvalue weighted by Crippen LogP contribution is -2.12. The summed E-state index contributed by atoms with van der Waals surface area (Å²) in [5.74, 6) is 0.509. The van der Waals surface area contributed by atoms with E-state index in [0.717, 1.165) is 21.5 Å². The molecule has 1 amide bonds. The van der Waals surface area contributed by atoms with Crippen LogP contribution in [0, 0.1) is 5.92 Å². The van der Waals surface area contributed by atoms with Crippen molar-refractivity contribution in [1.82, 2.24) is 10.2 Å². The third-order valence-electron chi connectivity index (χ3n) is 2.88. The van der Waals surface area contributed by atoms with Gasteiger partial charge in [-0.25, -0.2) is 0 Å². The molecule has 6 heteroatoms. The van der Waals surface area contributed by atoms with Crippen LogP contribution in [-0.4, -0.2) is 16.1 Å². The summed E-state index contributed by atoms with van der Waals surface area (Å²) in [6.45, 7) is 4.27. The second kappa shape index (κ2) is 7.66. The van der Waals surface area contributed by atoms with E-state index in [-0.39, 0.29) is 5.91 Å². The van der Waals surface area contributed by atoms with Crippen molar-refractivity contribution in [3.63, 3.8) is 0 Å². The second-order valence-electron chi connectivity index (χ2n) is 5.24. The van der Waals surface area contributed by atoms with Crippen LogP contribution < -0.4 is 5.32 Å². The molecule has 2 aromatic rings. The van der Waals surface area contributed by atoms with E-state index in [1.807, 2.05) is 24.3 Å². The van der Waals surface area contributed by atoms with Crippen molar-refractivity contribution in [1.29, 1.82) is 0 Å². The molecule has 0 unspecified atom stereocenters. The molecule has 0 atom stereocenters. The van der Waals surface area contributed by atoms with Crippen molar-refractivity contribution in [2.24, 2.45) is 5.92 Å². The fourth-order valence-corrected chi connectivity index (χ4v) is 3.32. The van der Waals surface area contributed by atoms with Crippen molar-refractivity contribution < 1.29 is 4.79 Å². The zero-order chi connectivity index (χ0) is 15.2. The first-order valence-electron chi connectivity index (χ1n) is 6.90. The smallest absolute Gasteiger partial charge is 0.226 e. The number of hydrogen-bond donors (Lipinski definition) is 1. The molecule has 0 radical (unpaired) electrons. The molecular formula is C15H18BrN3OS. The van der Waals surface area contributed by atoms with Crippen molar-refractivity contribution in [3.8, 4) is 0 Å². The first-order chi connectivity index (χ1) is 10.0. The normalized spacial score (nSPS) is 10.9. The third-order valence-corrected chi connectivity index (χ3v) is 4.51. The standard InChI is InChI=1S/C15H18BrN3OS/c1-10(2)9-14-18-19-15(21-14)17-13(20)8-7-11-5-3-4-6-12(11)16/h3-6,10H,7-9H2,1-2H3,(H,17,19,20). The third kappa shape index (κ3) is 5.21. The highest BCUT2D eigenvalue weighted by Gasteiger charge is 2.10. The fourth-order valence-electron chi connectivity index (χ4n) is 1.87. The van der Waals surface area contributed by atoms with Gasteiger partial charge in [-0.3, -0.25) is 4.79 Å². The Bertz CT molecular complexity index is 612. The topological polar surface area (TPSA) is 54.9 Å². The number of halogens is 1. The number of nitrogens with one attached hydrogen (secondary N) is 1. The molecule has 0 aliphatic rings. The van der Waals surface area contributed by atoms with Gasteiger partial charge >= 0.3 is 0 Å². The molecule has 0 bridgehead atoms. The van der Waals surface area contributed by atoms with Crippen LogP contribution in [0.5, 0.6) is 0 Å². The minimum Gasteiger partial charge on any atom is -0.301 e. The fraction of sp³-hybridized carbons (Fsp3) is 0.400. The lowest BCUT2D eigenvalue weighted by molar-refractivity contribution is -0.116. The van der Waals surface area contributed by atoms with Gasteiger partial charge in [-0.2, -0.15) is 0 Å². The molecular weight excluding hydrogens is 350 g/mol. The number of anilines is 1. The van der Waals surface area contributed by atoms with Gasteiger partial charge in [-0.1, -0.05) is 59.3 Å². The minimum absolute atomic E-state index is 0.0296. The van der Waals surface area contributed by atoms with Crippen LogP contribution in [0.15, 0.2) is 28.7 Å². The van der Waals surface area contributed by atoms with Crippen molar-refractivity contribution in [2.75, 3.05) is 5.32 Å². The summed E-state index contributed by atoms with van der Waals surface area (Å²) in [7, 11) is 0. The van der Waals surface area contributed by atoms with Crippen LogP contribution in [-0.2, 0) is 17.6 Å². The van der Waals surface area contributed by atoms with Gasteiger partial charge in [0.1, 0.15) is 5.01 Å². The monoisotopic (exact) mass is 367 g/mol. The average molecular weight is 368 g/mol. The SMILES string of the molecule is CC(C)Cc1nnc(NC(=O)CCc2ccccc2Br)s1. The molecule has 0 spiro atoms. The molecule has 2 rings (SSSR count). The maximum absolute atomic E-state index is 11.9. The Morgan fingerprint density at radius 3 is 2.81 bits per heavy atom. The maximum Gasteiger partial charge on any atom is 0.226 e. The second-order valence-corrected chi connectivity index (χ2v) is 7.15. The van der Waals surface area contributed by atoms with Crippen LogP contribution in [0.3, 0.4) is 0 Å².